The summed E-state index contributed by atoms with van der Waals surface area (Å²) in [4.78, 5) is 27.6. The standard InChI is InChI=1S/C21H24ClFN4O3/c1-14(16-3-6-18(23)7-4-16)24-21(28)15(2)25-9-11-26(12-10-25)19-8-5-17(22)13-20(19)27(29)30/h3-8,13-15H,9-12H2,1-2H3,(H,24,28)/t14-,15-/m0/s1. The van der Waals surface area contributed by atoms with Crippen molar-refractivity contribution < 1.29 is 14.1 Å². The Balaban J connectivity index is 1.58. The number of nitro groups is 1. The van der Waals surface area contributed by atoms with E-state index in [0.29, 0.717) is 36.9 Å². The summed E-state index contributed by atoms with van der Waals surface area (Å²) in [7, 11) is 0. The van der Waals surface area contributed by atoms with E-state index in [0.717, 1.165) is 5.56 Å². The molecule has 2 atom stereocenters. The van der Waals surface area contributed by atoms with Crippen LogP contribution in [0.2, 0.25) is 5.02 Å². The van der Waals surface area contributed by atoms with Crippen LogP contribution in [0.15, 0.2) is 42.5 Å². The van der Waals surface area contributed by atoms with Gasteiger partial charge in [0.1, 0.15) is 11.5 Å². The molecule has 0 bridgehead atoms. The summed E-state index contributed by atoms with van der Waals surface area (Å²) >= 11 is 5.90. The third kappa shape index (κ3) is 5.06. The average molecular weight is 435 g/mol. The zero-order valence-electron chi connectivity index (χ0n) is 16.8. The molecule has 0 saturated carbocycles. The van der Waals surface area contributed by atoms with Crippen molar-refractivity contribution in [3.05, 3.63) is 69.0 Å². The molecule has 7 nitrogen and oxygen atoms in total. The summed E-state index contributed by atoms with van der Waals surface area (Å²) in [5, 5.41) is 14.6. The number of carbonyl (C=O) groups excluding carboxylic acids is 1. The lowest BCUT2D eigenvalue weighted by Crippen LogP contribution is -2.54. The van der Waals surface area contributed by atoms with Crippen molar-refractivity contribution in [3.63, 3.8) is 0 Å². The predicted octanol–water partition coefficient (Wildman–Crippen LogP) is 3.78. The first-order chi connectivity index (χ1) is 14.3. The molecule has 1 amide bonds. The van der Waals surface area contributed by atoms with Crippen LogP contribution in [0.1, 0.15) is 25.5 Å². The molecule has 9 heteroatoms. The van der Waals surface area contributed by atoms with Crippen LogP contribution in [0.4, 0.5) is 15.8 Å². The molecule has 1 N–H and O–H groups in total. The lowest BCUT2D eigenvalue weighted by molar-refractivity contribution is -0.384. The molecule has 2 aromatic rings. The van der Waals surface area contributed by atoms with Gasteiger partial charge in [-0.05, 0) is 43.7 Å². The molecule has 2 aromatic carbocycles. The Kier molecular flexibility index (Phi) is 6.89. The molecule has 0 radical (unpaired) electrons. The Labute approximate surface area is 179 Å². The summed E-state index contributed by atoms with van der Waals surface area (Å²) in [6.45, 7) is 6.02. The lowest BCUT2D eigenvalue weighted by atomic mass is 10.1. The van der Waals surface area contributed by atoms with E-state index in [9.17, 15) is 19.3 Å². The molecular formula is C21H24ClFN4O3. The second-order valence-corrected chi connectivity index (χ2v) is 7.81. The van der Waals surface area contributed by atoms with Crippen molar-refractivity contribution in [1.82, 2.24) is 10.2 Å². The van der Waals surface area contributed by atoms with Crippen LogP contribution >= 0.6 is 11.6 Å². The molecule has 0 aliphatic carbocycles. The highest BCUT2D eigenvalue weighted by Crippen LogP contribution is 2.31. The van der Waals surface area contributed by atoms with Gasteiger partial charge in [0, 0.05) is 37.3 Å². The van der Waals surface area contributed by atoms with Gasteiger partial charge in [-0.15, -0.1) is 0 Å². The molecule has 30 heavy (non-hydrogen) atoms. The molecular weight excluding hydrogens is 411 g/mol. The molecule has 1 aliphatic heterocycles. The Morgan fingerprint density at radius 1 is 1.13 bits per heavy atom. The van der Waals surface area contributed by atoms with E-state index >= 15 is 0 Å². The van der Waals surface area contributed by atoms with Gasteiger partial charge in [0.25, 0.3) is 5.69 Å². The number of halogens is 2. The number of carbonyl (C=O) groups is 1. The van der Waals surface area contributed by atoms with Crippen LogP contribution in [0.5, 0.6) is 0 Å². The fraction of sp³-hybridized carbons (Fsp3) is 0.381. The fourth-order valence-electron chi connectivity index (χ4n) is 3.59. The van der Waals surface area contributed by atoms with E-state index in [-0.39, 0.29) is 29.5 Å². The van der Waals surface area contributed by atoms with Gasteiger partial charge in [0.15, 0.2) is 0 Å². The number of nitrogens with one attached hydrogen (secondary N) is 1. The van der Waals surface area contributed by atoms with Crippen LogP contribution in [0.3, 0.4) is 0 Å². The van der Waals surface area contributed by atoms with Gasteiger partial charge in [-0.2, -0.15) is 0 Å². The van der Waals surface area contributed by atoms with Crippen LogP contribution in [-0.2, 0) is 4.79 Å². The summed E-state index contributed by atoms with van der Waals surface area (Å²) in [5.41, 5.74) is 1.35. The van der Waals surface area contributed by atoms with Gasteiger partial charge in [-0.1, -0.05) is 23.7 Å². The van der Waals surface area contributed by atoms with Gasteiger partial charge in [0.2, 0.25) is 5.91 Å². The normalized spacial score (nSPS) is 16.7. The van der Waals surface area contributed by atoms with Crippen LogP contribution in [0, 0.1) is 15.9 Å². The van der Waals surface area contributed by atoms with Crippen molar-refractivity contribution in [2.45, 2.75) is 25.9 Å². The SMILES string of the molecule is C[C@H](NC(=O)[C@H](C)N1CCN(c2ccc(Cl)cc2[N+](=O)[O-])CC1)c1ccc(F)cc1. The minimum atomic E-state index is -0.430. The Morgan fingerprint density at radius 3 is 2.37 bits per heavy atom. The number of nitro benzene ring substituents is 1. The van der Waals surface area contributed by atoms with E-state index in [2.05, 4.69) is 5.32 Å². The predicted molar refractivity (Wildman–Crippen MR) is 114 cm³/mol. The van der Waals surface area contributed by atoms with E-state index in [1.807, 2.05) is 23.6 Å². The highest BCUT2D eigenvalue weighted by Gasteiger charge is 2.29. The minimum absolute atomic E-state index is 0.0186. The highest BCUT2D eigenvalue weighted by atomic mass is 35.5. The molecule has 1 heterocycles. The summed E-state index contributed by atoms with van der Waals surface area (Å²) in [5.74, 6) is -0.429. The van der Waals surface area contributed by atoms with Crippen LogP contribution in [-0.4, -0.2) is 48.0 Å². The van der Waals surface area contributed by atoms with Crippen LogP contribution in [0.25, 0.3) is 0 Å². The molecule has 1 saturated heterocycles. The summed E-state index contributed by atoms with van der Waals surface area (Å²) < 4.78 is 13.1. The number of benzene rings is 2. The number of hydrogen-bond acceptors (Lipinski definition) is 5. The Hall–Kier alpha value is -2.71. The van der Waals surface area contributed by atoms with Crippen molar-refractivity contribution in [3.8, 4) is 0 Å². The molecule has 0 spiro atoms. The van der Waals surface area contributed by atoms with Crippen molar-refractivity contribution in [1.29, 1.82) is 0 Å². The third-order valence-electron chi connectivity index (χ3n) is 5.45. The zero-order chi connectivity index (χ0) is 21.8. The Bertz CT molecular complexity index is 917. The third-order valence-corrected chi connectivity index (χ3v) is 5.68. The largest absolute Gasteiger partial charge is 0.363 e. The van der Waals surface area contributed by atoms with Gasteiger partial charge in [-0.3, -0.25) is 19.8 Å². The average Bonchev–Trinajstić information content (AvgIpc) is 2.73. The summed E-state index contributed by atoms with van der Waals surface area (Å²) in [6, 6.07) is 10.1. The smallest absolute Gasteiger partial charge is 0.294 e. The number of nitrogens with zero attached hydrogens (tertiary/aromatic N) is 3. The van der Waals surface area contributed by atoms with Gasteiger partial charge < -0.3 is 10.2 Å². The number of piperazine rings is 1. The first kappa shape index (κ1) is 22.0. The first-order valence-corrected chi connectivity index (χ1v) is 10.1. The lowest BCUT2D eigenvalue weighted by Gasteiger charge is -2.38. The monoisotopic (exact) mass is 434 g/mol. The molecule has 0 aromatic heterocycles. The molecule has 1 aliphatic rings. The molecule has 1 fully saturated rings. The molecule has 160 valence electrons. The van der Waals surface area contributed by atoms with E-state index in [4.69, 9.17) is 11.6 Å². The van der Waals surface area contributed by atoms with Crippen LogP contribution < -0.4 is 10.2 Å². The maximum Gasteiger partial charge on any atom is 0.294 e. The van der Waals surface area contributed by atoms with E-state index in [1.54, 1.807) is 24.3 Å². The number of hydrogen-bond donors (Lipinski definition) is 1. The van der Waals surface area contributed by atoms with Gasteiger partial charge in [0.05, 0.1) is 17.0 Å². The maximum atomic E-state index is 13.1. The second-order valence-electron chi connectivity index (χ2n) is 7.37. The summed E-state index contributed by atoms with van der Waals surface area (Å²) in [6.07, 6.45) is 0. The highest BCUT2D eigenvalue weighted by molar-refractivity contribution is 6.30. The van der Waals surface area contributed by atoms with E-state index < -0.39 is 4.92 Å². The maximum absolute atomic E-state index is 13.1. The van der Waals surface area contributed by atoms with Gasteiger partial charge >= 0.3 is 0 Å². The zero-order valence-corrected chi connectivity index (χ0v) is 17.6. The van der Waals surface area contributed by atoms with Crippen molar-refractivity contribution >= 4 is 28.9 Å². The van der Waals surface area contributed by atoms with E-state index in [1.165, 1.54) is 18.2 Å². The quantitative estimate of drug-likeness (QED) is 0.553. The number of rotatable bonds is 6. The number of anilines is 1. The fourth-order valence-corrected chi connectivity index (χ4v) is 3.76. The number of amides is 1. The van der Waals surface area contributed by atoms with Gasteiger partial charge in [-0.25, -0.2) is 4.39 Å². The Morgan fingerprint density at radius 2 is 1.77 bits per heavy atom. The minimum Gasteiger partial charge on any atom is -0.363 e. The molecule has 3 rings (SSSR count). The second kappa shape index (κ2) is 9.40. The van der Waals surface area contributed by atoms with Crippen molar-refractivity contribution in [2.75, 3.05) is 31.1 Å². The molecule has 0 unspecified atom stereocenters. The first-order valence-electron chi connectivity index (χ1n) is 9.75. The van der Waals surface area contributed by atoms with Crippen molar-refractivity contribution in [2.24, 2.45) is 0 Å². The topological polar surface area (TPSA) is 78.7 Å².